The molecule has 1 fully saturated rings. The van der Waals surface area contributed by atoms with E-state index in [0.29, 0.717) is 31.9 Å². The second-order valence-electron chi connectivity index (χ2n) is 6.87. The van der Waals surface area contributed by atoms with Gasteiger partial charge in [-0.3, -0.25) is 10.1 Å². The Kier molecular flexibility index (Phi) is 7.03. The van der Waals surface area contributed by atoms with Gasteiger partial charge in [-0.15, -0.1) is 0 Å². The third-order valence-corrected chi connectivity index (χ3v) is 5.06. The molecule has 2 heterocycles. The highest BCUT2D eigenvalue weighted by atomic mass is 16.6. The van der Waals surface area contributed by atoms with E-state index >= 15 is 0 Å². The lowest BCUT2D eigenvalue weighted by Gasteiger charge is -2.34. The smallest absolute Gasteiger partial charge is 0.409 e. The molecule has 170 valence electrons. The SMILES string of the molecule is CCOC(=O)N1CCN(c2ncnc(N(C)c3ccccc3C(=O)OC)c2[N+](=O)[O-])CC1. The molecule has 12 heteroatoms. The number of carbonyl (C=O) groups excluding carboxylic acids is 2. The number of nitro groups is 1. The van der Waals surface area contributed by atoms with Gasteiger partial charge in [-0.1, -0.05) is 12.1 Å². The number of carbonyl (C=O) groups is 2. The van der Waals surface area contributed by atoms with Crippen molar-refractivity contribution in [2.45, 2.75) is 6.92 Å². The predicted molar refractivity (Wildman–Crippen MR) is 115 cm³/mol. The molecular formula is C20H24N6O6. The van der Waals surface area contributed by atoms with Gasteiger partial charge in [0, 0.05) is 33.2 Å². The fourth-order valence-corrected chi connectivity index (χ4v) is 3.48. The summed E-state index contributed by atoms with van der Waals surface area (Å²) in [6, 6.07) is 6.60. The number of rotatable bonds is 6. The van der Waals surface area contributed by atoms with Crippen LogP contribution in [0.4, 0.5) is 27.8 Å². The van der Waals surface area contributed by atoms with E-state index in [2.05, 4.69) is 9.97 Å². The molecule has 1 aliphatic heterocycles. The first kappa shape index (κ1) is 22.7. The van der Waals surface area contributed by atoms with Crippen molar-refractivity contribution in [2.24, 2.45) is 0 Å². The minimum atomic E-state index is -0.570. The Labute approximate surface area is 184 Å². The molecule has 1 aromatic heterocycles. The van der Waals surface area contributed by atoms with Gasteiger partial charge in [0.1, 0.15) is 6.33 Å². The fourth-order valence-electron chi connectivity index (χ4n) is 3.48. The van der Waals surface area contributed by atoms with Crippen LogP contribution in [-0.4, -0.2) is 78.8 Å². The van der Waals surface area contributed by atoms with Gasteiger partial charge in [0.2, 0.25) is 11.6 Å². The molecule has 0 N–H and O–H groups in total. The Hall–Kier alpha value is -3.96. The molecule has 0 bridgehead atoms. The number of ether oxygens (including phenoxy) is 2. The number of hydrogen-bond acceptors (Lipinski definition) is 10. The number of benzene rings is 1. The summed E-state index contributed by atoms with van der Waals surface area (Å²) in [6.45, 7) is 3.39. The number of esters is 1. The van der Waals surface area contributed by atoms with Crippen molar-refractivity contribution in [3.05, 3.63) is 46.3 Å². The summed E-state index contributed by atoms with van der Waals surface area (Å²) in [4.78, 5) is 48.7. The number of aromatic nitrogens is 2. The molecular weight excluding hydrogens is 420 g/mol. The number of methoxy groups -OCH3 is 1. The highest BCUT2D eigenvalue weighted by molar-refractivity contribution is 5.97. The molecule has 2 aromatic rings. The lowest BCUT2D eigenvalue weighted by Crippen LogP contribution is -2.49. The summed E-state index contributed by atoms with van der Waals surface area (Å²) in [5.74, 6) is -0.394. The van der Waals surface area contributed by atoms with Crippen molar-refractivity contribution in [1.82, 2.24) is 14.9 Å². The maximum Gasteiger partial charge on any atom is 0.409 e. The normalized spacial score (nSPS) is 13.5. The standard InChI is InChI=1S/C20H24N6O6/c1-4-32-20(28)25-11-9-24(10-12-25)18-16(26(29)30)17(21-13-22-18)23(2)15-8-6-5-7-14(15)19(27)31-3/h5-8,13H,4,9-12H2,1-3H3. The van der Waals surface area contributed by atoms with Crippen LogP contribution in [0.3, 0.4) is 0 Å². The van der Waals surface area contributed by atoms with E-state index in [9.17, 15) is 19.7 Å². The molecule has 1 saturated heterocycles. The predicted octanol–water partition coefficient (Wildman–Crippen LogP) is 2.22. The summed E-state index contributed by atoms with van der Waals surface area (Å²) in [5, 5.41) is 12.0. The van der Waals surface area contributed by atoms with Gasteiger partial charge in [-0.05, 0) is 19.1 Å². The molecule has 0 radical (unpaired) electrons. The van der Waals surface area contributed by atoms with Gasteiger partial charge < -0.3 is 24.2 Å². The quantitative estimate of drug-likeness (QED) is 0.371. The van der Waals surface area contributed by atoms with Crippen LogP contribution in [0, 0.1) is 10.1 Å². The maximum atomic E-state index is 12.2. The van der Waals surface area contributed by atoms with Crippen LogP contribution >= 0.6 is 0 Å². The van der Waals surface area contributed by atoms with Crippen LogP contribution in [0.15, 0.2) is 30.6 Å². The largest absolute Gasteiger partial charge is 0.465 e. The molecule has 1 aliphatic rings. The van der Waals surface area contributed by atoms with Crippen LogP contribution in [0.1, 0.15) is 17.3 Å². The van der Waals surface area contributed by atoms with E-state index in [-0.39, 0.29) is 29.5 Å². The zero-order chi connectivity index (χ0) is 23.3. The summed E-state index contributed by atoms with van der Waals surface area (Å²) in [5.41, 5.74) is 0.355. The van der Waals surface area contributed by atoms with E-state index in [1.807, 2.05) is 0 Å². The molecule has 12 nitrogen and oxygen atoms in total. The number of piperazine rings is 1. The first-order valence-electron chi connectivity index (χ1n) is 9.96. The highest BCUT2D eigenvalue weighted by Crippen LogP contribution is 2.38. The summed E-state index contributed by atoms with van der Waals surface area (Å²) >= 11 is 0. The summed E-state index contributed by atoms with van der Waals surface area (Å²) < 4.78 is 9.84. The topological polar surface area (TPSA) is 131 Å². The summed E-state index contributed by atoms with van der Waals surface area (Å²) in [6.07, 6.45) is 0.830. The second-order valence-corrected chi connectivity index (χ2v) is 6.87. The molecule has 0 spiro atoms. The van der Waals surface area contributed by atoms with Gasteiger partial charge in [0.15, 0.2) is 0 Å². The number of nitrogens with zero attached hydrogens (tertiary/aromatic N) is 6. The maximum absolute atomic E-state index is 12.2. The Morgan fingerprint density at radius 3 is 2.50 bits per heavy atom. The van der Waals surface area contributed by atoms with Crippen LogP contribution in [0.5, 0.6) is 0 Å². The van der Waals surface area contributed by atoms with Gasteiger partial charge in [0.05, 0.1) is 29.9 Å². The van der Waals surface area contributed by atoms with Crippen molar-refractivity contribution in [2.75, 3.05) is 56.7 Å². The van der Waals surface area contributed by atoms with Gasteiger partial charge in [0.25, 0.3) is 0 Å². The zero-order valence-corrected chi connectivity index (χ0v) is 18.1. The molecule has 0 aliphatic carbocycles. The molecule has 32 heavy (non-hydrogen) atoms. The van der Waals surface area contributed by atoms with Crippen molar-refractivity contribution in [3.8, 4) is 0 Å². The van der Waals surface area contributed by atoms with E-state index in [0.717, 1.165) is 0 Å². The van der Waals surface area contributed by atoms with E-state index < -0.39 is 17.0 Å². The van der Waals surface area contributed by atoms with Crippen LogP contribution < -0.4 is 9.80 Å². The van der Waals surface area contributed by atoms with E-state index in [1.54, 1.807) is 48.0 Å². The number of para-hydroxylation sites is 1. The van der Waals surface area contributed by atoms with Crippen molar-refractivity contribution >= 4 is 35.1 Å². The lowest BCUT2D eigenvalue weighted by molar-refractivity contribution is -0.383. The Morgan fingerprint density at radius 1 is 1.19 bits per heavy atom. The first-order chi connectivity index (χ1) is 15.4. The Bertz CT molecular complexity index is 1010. The number of hydrogen-bond donors (Lipinski definition) is 0. The minimum absolute atomic E-state index is 0.0316. The van der Waals surface area contributed by atoms with Crippen LogP contribution in [-0.2, 0) is 9.47 Å². The van der Waals surface area contributed by atoms with E-state index in [4.69, 9.17) is 9.47 Å². The van der Waals surface area contributed by atoms with E-state index in [1.165, 1.54) is 18.3 Å². The third kappa shape index (κ3) is 4.53. The Morgan fingerprint density at radius 2 is 1.88 bits per heavy atom. The third-order valence-electron chi connectivity index (χ3n) is 5.06. The van der Waals surface area contributed by atoms with Crippen LogP contribution in [0.25, 0.3) is 0 Å². The zero-order valence-electron chi connectivity index (χ0n) is 18.1. The molecule has 0 saturated carbocycles. The average Bonchev–Trinajstić information content (AvgIpc) is 2.82. The highest BCUT2D eigenvalue weighted by Gasteiger charge is 2.33. The van der Waals surface area contributed by atoms with Crippen molar-refractivity contribution < 1.29 is 24.0 Å². The van der Waals surface area contributed by atoms with Crippen molar-refractivity contribution in [1.29, 1.82) is 0 Å². The molecule has 0 atom stereocenters. The summed E-state index contributed by atoms with van der Waals surface area (Å²) in [7, 11) is 2.85. The van der Waals surface area contributed by atoms with Gasteiger partial charge in [-0.25, -0.2) is 19.6 Å². The number of amides is 1. The monoisotopic (exact) mass is 444 g/mol. The average molecular weight is 444 g/mol. The van der Waals surface area contributed by atoms with Gasteiger partial charge in [-0.2, -0.15) is 0 Å². The second kappa shape index (κ2) is 9.90. The minimum Gasteiger partial charge on any atom is -0.465 e. The van der Waals surface area contributed by atoms with Crippen LogP contribution in [0.2, 0.25) is 0 Å². The Balaban J connectivity index is 1.94. The molecule has 3 rings (SSSR count). The van der Waals surface area contributed by atoms with Crippen molar-refractivity contribution in [3.63, 3.8) is 0 Å². The fraction of sp³-hybridized carbons (Fsp3) is 0.400. The van der Waals surface area contributed by atoms with Gasteiger partial charge >= 0.3 is 17.7 Å². The molecule has 1 aromatic carbocycles. The first-order valence-corrected chi connectivity index (χ1v) is 9.96. The lowest BCUT2D eigenvalue weighted by atomic mass is 10.1. The molecule has 1 amide bonds. The molecule has 0 unspecified atom stereocenters. The number of anilines is 3.